The molecule has 0 aliphatic rings. The van der Waals surface area contributed by atoms with Crippen LogP contribution >= 0.6 is 0 Å². The lowest BCUT2D eigenvalue weighted by Crippen LogP contribution is -1.84. The Morgan fingerprint density at radius 3 is 2.00 bits per heavy atom. The van der Waals surface area contributed by atoms with Crippen molar-refractivity contribution in [1.82, 2.24) is 0 Å². The van der Waals surface area contributed by atoms with Crippen molar-refractivity contribution in [2.75, 3.05) is 0 Å². The number of rotatable bonds is 1. The molecule has 0 bridgehead atoms. The molecule has 0 heteroatoms. The first-order valence-corrected chi connectivity index (χ1v) is 7.71. The number of hydrogen-bond acceptors (Lipinski definition) is 0. The molecule has 4 rings (SSSR count). The first kappa shape index (κ1) is 13.1. The van der Waals surface area contributed by atoms with Gasteiger partial charge in [0.15, 0.2) is 0 Å². The fraction of sp³-hybridized carbons (Fsp3) is 0.0909. The Kier molecular flexibility index (Phi) is 2.97. The van der Waals surface area contributed by atoms with Gasteiger partial charge in [-0.05, 0) is 64.2 Å². The van der Waals surface area contributed by atoms with Crippen LogP contribution in [0.2, 0.25) is 0 Å². The van der Waals surface area contributed by atoms with Crippen molar-refractivity contribution in [2.45, 2.75) is 13.8 Å². The normalized spacial score (nSPS) is 11.2. The molecule has 0 fully saturated rings. The first-order valence-electron chi connectivity index (χ1n) is 7.71. The molecule has 0 amide bonds. The second-order valence-electron chi connectivity index (χ2n) is 6.04. The van der Waals surface area contributed by atoms with Crippen LogP contribution in [0.25, 0.3) is 32.7 Å². The van der Waals surface area contributed by atoms with Gasteiger partial charge in [-0.2, -0.15) is 0 Å². The first-order chi connectivity index (χ1) is 10.7. The lowest BCUT2D eigenvalue weighted by atomic mass is 9.94. The minimum Gasteiger partial charge on any atom is -0.0614 e. The predicted molar refractivity (Wildman–Crippen MR) is 96.4 cm³/mol. The van der Waals surface area contributed by atoms with Gasteiger partial charge in [0.1, 0.15) is 0 Å². The van der Waals surface area contributed by atoms with Crippen LogP contribution in [0.3, 0.4) is 0 Å². The molecule has 4 aromatic rings. The zero-order valence-electron chi connectivity index (χ0n) is 12.9. The topological polar surface area (TPSA) is 0 Å². The quantitative estimate of drug-likeness (QED) is 0.360. The average molecular weight is 282 g/mol. The summed E-state index contributed by atoms with van der Waals surface area (Å²) in [4.78, 5) is 0. The van der Waals surface area contributed by atoms with Gasteiger partial charge in [0.2, 0.25) is 0 Å². The molecule has 106 valence electrons. The van der Waals surface area contributed by atoms with Crippen LogP contribution in [0.15, 0.2) is 72.8 Å². The van der Waals surface area contributed by atoms with Crippen LogP contribution in [-0.4, -0.2) is 0 Å². The van der Waals surface area contributed by atoms with Crippen molar-refractivity contribution in [3.05, 3.63) is 83.9 Å². The molecule has 0 aliphatic heterocycles. The molecule has 0 aliphatic carbocycles. The van der Waals surface area contributed by atoms with Gasteiger partial charge < -0.3 is 0 Å². The molecule has 4 aromatic carbocycles. The summed E-state index contributed by atoms with van der Waals surface area (Å²) in [6, 6.07) is 26.5. The fourth-order valence-electron chi connectivity index (χ4n) is 3.19. The number of fused-ring (bicyclic) bond motifs is 2. The van der Waals surface area contributed by atoms with Crippen LogP contribution in [0.4, 0.5) is 0 Å². The maximum atomic E-state index is 2.33. The van der Waals surface area contributed by atoms with Gasteiger partial charge in [0, 0.05) is 0 Å². The summed E-state index contributed by atoms with van der Waals surface area (Å²) in [5, 5.41) is 5.28. The maximum absolute atomic E-state index is 2.33. The smallest absolute Gasteiger partial charge is 0.00990 e. The second kappa shape index (κ2) is 4.99. The standard InChI is InChI=1S/C22H18/c1-15-9-11-17(12-10-15)20-8-4-7-19-13-21-16(2)5-3-6-18(21)14-22(19)20/h3-14H,1-2H3. The Hall–Kier alpha value is -2.60. The van der Waals surface area contributed by atoms with E-state index in [0.29, 0.717) is 0 Å². The summed E-state index contributed by atoms with van der Waals surface area (Å²) < 4.78 is 0. The van der Waals surface area contributed by atoms with E-state index in [0.717, 1.165) is 0 Å². The highest BCUT2D eigenvalue weighted by Gasteiger charge is 2.06. The van der Waals surface area contributed by atoms with Crippen LogP contribution in [0.5, 0.6) is 0 Å². The fourth-order valence-corrected chi connectivity index (χ4v) is 3.19. The van der Waals surface area contributed by atoms with E-state index in [2.05, 4.69) is 86.6 Å². The lowest BCUT2D eigenvalue weighted by molar-refractivity contribution is 1.47. The predicted octanol–water partition coefficient (Wildman–Crippen LogP) is 6.28. The van der Waals surface area contributed by atoms with Crippen LogP contribution in [-0.2, 0) is 0 Å². The highest BCUT2D eigenvalue weighted by molar-refractivity contribution is 6.05. The van der Waals surface area contributed by atoms with Gasteiger partial charge in [-0.15, -0.1) is 0 Å². The van der Waals surface area contributed by atoms with E-state index < -0.39 is 0 Å². The second-order valence-corrected chi connectivity index (χ2v) is 6.04. The maximum Gasteiger partial charge on any atom is -0.00990 e. The van der Waals surface area contributed by atoms with Crippen molar-refractivity contribution >= 4 is 21.5 Å². The Morgan fingerprint density at radius 2 is 1.23 bits per heavy atom. The van der Waals surface area contributed by atoms with Crippen LogP contribution in [0.1, 0.15) is 11.1 Å². The van der Waals surface area contributed by atoms with E-state index in [-0.39, 0.29) is 0 Å². The third-order valence-electron chi connectivity index (χ3n) is 4.46. The van der Waals surface area contributed by atoms with Crippen molar-refractivity contribution in [3.8, 4) is 11.1 Å². The van der Waals surface area contributed by atoms with E-state index in [9.17, 15) is 0 Å². The van der Waals surface area contributed by atoms with Gasteiger partial charge in [-0.3, -0.25) is 0 Å². The van der Waals surface area contributed by atoms with E-state index in [4.69, 9.17) is 0 Å². The average Bonchev–Trinajstić information content (AvgIpc) is 2.54. The third kappa shape index (κ3) is 2.08. The van der Waals surface area contributed by atoms with Gasteiger partial charge in [-0.25, -0.2) is 0 Å². The number of aryl methyl sites for hydroxylation is 2. The van der Waals surface area contributed by atoms with Gasteiger partial charge in [-0.1, -0.05) is 66.2 Å². The van der Waals surface area contributed by atoms with E-state index >= 15 is 0 Å². The highest BCUT2D eigenvalue weighted by Crippen LogP contribution is 2.32. The van der Waals surface area contributed by atoms with Crippen molar-refractivity contribution in [3.63, 3.8) is 0 Å². The molecular weight excluding hydrogens is 264 g/mol. The molecule has 0 saturated carbocycles. The Morgan fingerprint density at radius 1 is 0.591 bits per heavy atom. The van der Waals surface area contributed by atoms with Crippen LogP contribution < -0.4 is 0 Å². The Labute approximate surface area is 131 Å². The minimum absolute atomic E-state index is 1.28. The monoisotopic (exact) mass is 282 g/mol. The number of hydrogen-bond donors (Lipinski definition) is 0. The van der Waals surface area contributed by atoms with Crippen molar-refractivity contribution in [1.29, 1.82) is 0 Å². The minimum atomic E-state index is 1.28. The summed E-state index contributed by atoms with van der Waals surface area (Å²) in [5.41, 5.74) is 5.22. The Bertz CT molecular complexity index is 976. The number of benzene rings is 4. The zero-order valence-corrected chi connectivity index (χ0v) is 12.9. The molecule has 0 atom stereocenters. The van der Waals surface area contributed by atoms with Crippen LogP contribution in [0, 0.1) is 13.8 Å². The highest BCUT2D eigenvalue weighted by atomic mass is 14.1. The zero-order chi connectivity index (χ0) is 15.1. The third-order valence-corrected chi connectivity index (χ3v) is 4.46. The summed E-state index contributed by atoms with van der Waals surface area (Å²) >= 11 is 0. The SMILES string of the molecule is Cc1ccc(-c2cccc3cc4c(C)cccc4cc23)cc1. The van der Waals surface area contributed by atoms with Crippen molar-refractivity contribution < 1.29 is 0 Å². The molecule has 0 heterocycles. The molecule has 0 radical (unpaired) electrons. The van der Waals surface area contributed by atoms with Crippen molar-refractivity contribution in [2.24, 2.45) is 0 Å². The molecule has 0 aromatic heterocycles. The summed E-state index contributed by atoms with van der Waals surface area (Å²) in [7, 11) is 0. The molecule has 0 N–H and O–H groups in total. The van der Waals surface area contributed by atoms with Gasteiger partial charge in [0.05, 0.1) is 0 Å². The van der Waals surface area contributed by atoms with Gasteiger partial charge >= 0.3 is 0 Å². The van der Waals surface area contributed by atoms with Gasteiger partial charge in [0.25, 0.3) is 0 Å². The largest absolute Gasteiger partial charge is 0.0614 e. The summed E-state index contributed by atoms with van der Waals surface area (Å²) in [6.07, 6.45) is 0. The summed E-state index contributed by atoms with van der Waals surface area (Å²) in [5.74, 6) is 0. The van der Waals surface area contributed by atoms with E-state index in [1.165, 1.54) is 43.8 Å². The molecule has 0 nitrogen and oxygen atoms in total. The van der Waals surface area contributed by atoms with E-state index in [1.54, 1.807) is 0 Å². The molecular formula is C22H18. The molecule has 22 heavy (non-hydrogen) atoms. The molecule has 0 saturated heterocycles. The lowest BCUT2D eigenvalue weighted by Gasteiger charge is -2.10. The Balaban J connectivity index is 2.05. The van der Waals surface area contributed by atoms with E-state index in [1.807, 2.05) is 0 Å². The molecule has 0 spiro atoms. The molecule has 0 unspecified atom stereocenters. The summed E-state index contributed by atoms with van der Waals surface area (Å²) in [6.45, 7) is 4.31.